The van der Waals surface area contributed by atoms with E-state index in [9.17, 15) is 5.26 Å². The van der Waals surface area contributed by atoms with Crippen LogP contribution in [-0.4, -0.2) is 53.6 Å². The third-order valence-electron chi connectivity index (χ3n) is 8.26. The van der Waals surface area contributed by atoms with E-state index in [0.29, 0.717) is 18.1 Å². The van der Waals surface area contributed by atoms with Crippen molar-refractivity contribution >= 4 is 33.3 Å². The second-order valence-corrected chi connectivity index (χ2v) is 11.3. The number of benzene rings is 3. The largest absolute Gasteiger partial charge is 0.492 e. The molecular weight excluding hydrogens is 494 g/mol. The van der Waals surface area contributed by atoms with Crippen molar-refractivity contribution < 1.29 is 4.74 Å². The monoisotopic (exact) mass is 531 g/mol. The zero-order valence-electron chi connectivity index (χ0n) is 23.7. The Kier molecular flexibility index (Phi) is 7.32. The van der Waals surface area contributed by atoms with Crippen molar-refractivity contribution in [2.45, 2.75) is 33.6 Å². The highest BCUT2D eigenvalue weighted by Crippen LogP contribution is 2.35. The highest BCUT2D eigenvalue weighted by Gasteiger charge is 2.26. The molecule has 0 amide bonds. The fourth-order valence-corrected chi connectivity index (χ4v) is 6.02. The molecule has 1 aliphatic heterocycles. The number of para-hydroxylation sites is 2. The first-order valence-electron chi connectivity index (χ1n) is 14.5. The molecule has 5 aromatic rings. The topological polar surface area (TPSA) is 56.8 Å². The fraction of sp³-hybridized carbons (Fsp3) is 0.353. The SMILES string of the molecule is Cc1c(CCC(C)C)c(N2CCN(CCOc3cccc4ccccc34)CC2)n2c(nc3ccccc32)c1C#N. The third-order valence-corrected chi connectivity index (χ3v) is 8.26. The van der Waals surface area contributed by atoms with Crippen molar-refractivity contribution in [1.29, 1.82) is 5.26 Å². The van der Waals surface area contributed by atoms with E-state index >= 15 is 0 Å². The molecule has 204 valence electrons. The average molecular weight is 532 g/mol. The molecule has 0 bridgehead atoms. The minimum atomic E-state index is 0.589. The summed E-state index contributed by atoms with van der Waals surface area (Å²) >= 11 is 0. The van der Waals surface area contributed by atoms with Crippen LogP contribution in [0.2, 0.25) is 0 Å². The maximum atomic E-state index is 10.2. The maximum absolute atomic E-state index is 10.2. The van der Waals surface area contributed by atoms with E-state index in [-0.39, 0.29) is 0 Å². The number of nitrogens with zero attached hydrogens (tertiary/aromatic N) is 5. The quantitative estimate of drug-likeness (QED) is 0.226. The van der Waals surface area contributed by atoms with Crippen LogP contribution in [0, 0.1) is 24.2 Å². The average Bonchev–Trinajstić information content (AvgIpc) is 3.35. The van der Waals surface area contributed by atoms with Crippen molar-refractivity contribution in [3.05, 3.63) is 83.4 Å². The maximum Gasteiger partial charge on any atom is 0.157 e. The first-order chi connectivity index (χ1) is 19.5. The summed E-state index contributed by atoms with van der Waals surface area (Å²) in [6, 6.07) is 25.4. The van der Waals surface area contributed by atoms with Crippen LogP contribution >= 0.6 is 0 Å². The molecule has 0 radical (unpaired) electrons. The molecule has 1 aliphatic rings. The Morgan fingerprint density at radius 3 is 2.50 bits per heavy atom. The van der Waals surface area contributed by atoms with Crippen LogP contribution in [0.5, 0.6) is 5.75 Å². The van der Waals surface area contributed by atoms with Crippen molar-refractivity contribution in [3.63, 3.8) is 0 Å². The smallest absolute Gasteiger partial charge is 0.157 e. The predicted octanol–water partition coefficient (Wildman–Crippen LogP) is 6.61. The zero-order valence-corrected chi connectivity index (χ0v) is 23.7. The molecule has 40 heavy (non-hydrogen) atoms. The number of piperazine rings is 1. The Balaban J connectivity index is 1.25. The van der Waals surface area contributed by atoms with E-state index in [1.807, 2.05) is 12.1 Å². The van der Waals surface area contributed by atoms with Gasteiger partial charge in [-0.15, -0.1) is 0 Å². The van der Waals surface area contributed by atoms with Gasteiger partial charge in [0.05, 0.1) is 16.6 Å². The number of hydrogen-bond acceptors (Lipinski definition) is 5. The Morgan fingerprint density at radius 1 is 0.950 bits per heavy atom. The standard InChI is InChI=1S/C34H37N5O/c1-24(2)15-16-27-25(3)29(23-35)33-36-30-12-6-7-13-31(30)39(33)34(27)38-19-17-37(18-20-38)21-22-40-32-14-8-10-26-9-4-5-11-28(26)32/h4-14,24H,15-22H2,1-3H3. The minimum absolute atomic E-state index is 0.589. The number of imidazole rings is 1. The van der Waals surface area contributed by atoms with E-state index in [1.54, 1.807) is 0 Å². The molecule has 0 atom stereocenters. The number of pyridine rings is 1. The van der Waals surface area contributed by atoms with Crippen molar-refractivity contribution in [2.24, 2.45) is 5.92 Å². The predicted molar refractivity (Wildman–Crippen MR) is 163 cm³/mol. The summed E-state index contributed by atoms with van der Waals surface area (Å²) in [5.74, 6) is 2.76. The van der Waals surface area contributed by atoms with Gasteiger partial charge in [-0.1, -0.05) is 62.4 Å². The molecular formula is C34H37N5O. The Bertz CT molecular complexity index is 1700. The van der Waals surface area contributed by atoms with Gasteiger partial charge >= 0.3 is 0 Å². The summed E-state index contributed by atoms with van der Waals surface area (Å²) in [5, 5.41) is 12.5. The first-order valence-corrected chi connectivity index (χ1v) is 14.5. The van der Waals surface area contributed by atoms with E-state index in [1.165, 1.54) is 16.8 Å². The Labute approximate surface area is 236 Å². The second kappa shape index (κ2) is 11.2. The van der Waals surface area contributed by atoms with Gasteiger partial charge in [-0.2, -0.15) is 5.26 Å². The molecule has 0 saturated carbocycles. The van der Waals surface area contributed by atoms with Crippen LogP contribution in [0.4, 0.5) is 5.82 Å². The zero-order chi connectivity index (χ0) is 27.6. The van der Waals surface area contributed by atoms with Gasteiger partial charge in [0.2, 0.25) is 0 Å². The van der Waals surface area contributed by atoms with Crippen LogP contribution < -0.4 is 9.64 Å². The van der Waals surface area contributed by atoms with E-state index < -0.39 is 0 Å². The number of rotatable bonds is 8. The molecule has 0 N–H and O–H groups in total. The summed E-state index contributed by atoms with van der Waals surface area (Å²) < 4.78 is 8.51. The van der Waals surface area contributed by atoms with Gasteiger partial charge in [0.25, 0.3) is 0 Å². The van der Waals surface area contributed by atoms with Gasteiger partial charge < -0.3 is 9.64 Å². The summed E-state index contributed by atoms with van der Waals surface area (Å²) in [6.07, 6.45) is 2.04. The second-order valence-electron chi connectivity index (χ2n) is 11.3. The molecule has 1 saturated heterocycles. The lowest BCUT2D eigenvalue weighted by molar-refractivity contribution is 0.201. The molecule has 0 unspecified atom stereocenters. The van der Waals surface area contributed by atoms with Gasteiger partial charge in [0, 0.05) is 38.1 Å². The van der Waals surface area contributed by atoms with Gasteiger partial charge in [0.1, 0.15) is 24.2 Å². The first kappa shape index (κ1) is 26.2. The molecule has 3 aromatic carbocycles. The van der Waals surface area contributed by atoms with Gasteiger partial charge in [-0.3, -0.25) is 9.30 Å². The fourth-order valence-electron chi connectivity index (χ4n) is 6.02. The number of hydrogen-bond donors (Lipinski definition) is 0. The Hall–Kier alpha value is -4.08. The molecule has 6 rings (SSSR count). The number of fused-ring (bicyclic) bond motifs is 4. The van der Waals surface area contributed by atoms with E-state index in [0.717, 1.165) is 78.9 Å². The molecule has 6 nitrogen and oxygen atoms in total. The molecule has 0 spiro atoms. The van der Waals surface area contributed by atoms with Gasteiger partial charge in [-0.05, 0) is 60.4 Å². The van der Waals surface area contributed by atoms with Crippen molar-refractivity contribution in [1.82, 2.24) is 14.3 Å². The molecule has 1 fully saturated rings. The lowest BCUT2D eigenvalue weighted by atomic mass is 9.96. The summed E-state index contributed by atoms with van der Waals surface area (Å²) in [7, 11) is 0. The van der Waals surface area contributed by atoms with Gasteiger partial charge in [0.15, 0.2) is 5.65 Å². The lowest BCUT2D eigenvalue weighted by Gasteiger charge is -2.37. The highest BCUT2D eigenvalue weighted by molar-refractivity contribution is 5.88. The van der Waals surface area contributed by atoms with Crippen molar-refractivity contribution in [2.75, 3.05) is 44.2 Å². The van der Waals surface area contributed by atoms with Crippen LogP contribution in [-0.2, 0) is 6.42 Å². The van der Waals surface area contributed by atoms with Crippen LogP contribution in [0.1, 0.15) is 37.0 Å². The minimum Gasteiger partial charge on any atom is -0.492 e. The van der Waals surface area contributed by atoms with Crippen molar-refractivity contribution in [3.8, 4) is 11.8 Å². The Morgan fingerprint density at radius 2 is 1.70 bits per heavy atom. The number of aromatic nitrogens is 2. The van der Waals surface area contributed by atoms with Crippen LogP contribution in [0.15, 0.2) is 66.7 Å². The van der Waals surface area contributed by atoms with Crippen LogP contribution in [0.3, 0.4) is 0 Å². The van der Waals surface area contributed by atoms with E-state index in [4.69, 9.17) is 9.72 Å². The highest BCUT2D eigenvalue weighted by atomic mass is 16.5. The third kappa shape index (κ3) is 4.87. The molecule has 0 aliphatic carbocycles. The molecule has 2 aromatic heterocycles. The lowest BCUT2D eigenvalue weighted by Crippen LogP contribution is -2.48. The van der Waals surface area contributed by atoms with Crippen LogP contribution in [0.25, 0.3) is 27.5 Å². The normalized spacial score (nSPS) is 14.4. The number of ether oxygens (including phenoxy) is 1. The molecule has 6 heteroatoms. The van der Waals surface area contributed by atoms with Gasteiger partial charge in [-0.25, -0.2) is 4.98 Å². The van der Waals surface area contributed by atoms with E-state index in [2.05, 4.69) is 95.6 Å². The molecule has 3 heterocycles. The summed E-state index contributed by atoms with van der Waals surface area (Å²) in [5.41, 5.74) is 5.84. The number of anilines is 1. The summed E-state index contributed by atoms with van der Waals surface area (Å²) in [6.45, 7) is 12.0. The number of nitriles is 1. The summed E-state index contributed by atoms with van der Waals surface area (Å²) in [4.78, 5) is 9.95.